The van der Waals surface area contributed by atoms with E-state index in [1.165, 1.54) is 75.0 Å². The number of nitriles is 2. The molecule has 0 radical (unpaired) electrons. The number of rotatable bonds is 26. The van der Waals surface area contributed by atoms with Crippen LogP contribution in [0, 0.1) is 34.0 Å². The lowest BCUT2D eigenvalue weighted by Crippen LogP contribution is -2.35. The molecule has 0 unspecified atom stereocenters. The highest BCUT2D eigenvalue weighted by Crippen LogP contribution is 2.40. The standard InChI is InChI=1S/C56H70N2O7/c1-9-11-12-15-42-18-20-44(21-19-42)45-22-24-46(25-23-45)47-26-27-51(43(10-2)34-47)50-35-48(16-13-32-62-53(59)39(3)4)52(49(36-50)17-14-33-63-54(60)40(5)6)64-37-56(28-30-57,29-31-58)38-65-55(61)41(7)8/h22-27,34-36,42,44H,3,5,7,9-21,28-29,32-33,37-38H2,1-2,4,6,8H3. The summed E-state index contributed by atoms with van der Waals surface area (Å²) in [4.78, 5) is 37.1. The van der Waals surface area contributed by atoms with Gasteiger partial charge in [-0.3, -0.25) is 0 Å². The Morgan fingerprint density at radius 3 is 1.68 bits per heavy atom. The smallest absolute Gasteiger partial charge is 0.333 e. The second-order valence-electron chi connectivity index (χ2n) is 18.0. The van der Waals surface area contributed by atoms with Gasteiger partial charge in [0.25, 0.3) is 0 Å². The molecule has 1 fully saturated rings. The molecule has 65 heavy (non-hydrogen) atoms. The zero-order valence-electron chi connectivity index (χ0n) is 39.7. The van der Waals surface area contributed by atoms with Gasteiger partial charge in [0, 0.05) is 29.6 Å². The Kier molecular flexibility index (Phi) is 20.8. The molecule has 9 nitrogen and oxygen atoms in total. The molecular weight excluding hydrogens is 813 g/mol. The van der Waals surface area contributed by atoms with E-state index in [2.05, 4.69) is 100 Å². The van der Waals surface area contributed by atoms with Crippen LogP contribution in [0.2, 0.25) is 0 Å². The number of nitrogens with zero attached hydrogens (tertiary/aromatic N) is 2. The highest BCUT2D eigenvalue weighted by molar-refractivity contribution is 5.87. The molecule has 0 N–H and O–H groups in total. The SMILES string of the molecule is C=C(C)C(=O)OCCCc1cc(-c2ccc(-c3ccc(C4CCC(CCCCC)CC4)cc3)cc2CC)cc(CCCOC(=O)C(=C)C)c1OCC(CC#N)(CC#N)COC(=O)C(=C)C. The lowest BCUT2D eigenvalue weighted by Gasteiger charge is -2.30. The Labute approximate surface area is 388 Å². The van der Waals surface area contributed by atoms with Gasteiger partial charge in [0.15, 0.2) is 0 Å². The summed E-state index contributed by atoms with van der Waals surface area (Å²) in [5.74, 6) is 0.502. The number of aryl methyl sites for hydroxylation is 3. The van der Waals surface area contributed by atoms with Gasteiger partial charge in [0.2, 0.25) is 0 Å². The predicted octanol–water partition coefficient (Wildman–Crippen LogP) is 12.9. The molecule has 0 aromatic heterocycles. The first-order valence-electron chi connectivity index (χ1n) is 23.5. The summed E-state index contributed by atoms with van der Waals surface area (Å²) in [7, 11) is 0. The van der Waals surface area contributed by atoms with Crippen molar-refractivity contribution in [3.63, 3.8) is 0 Å². The number of benzene rings is 3. The van der Waals surface area contributed by atoms with Gasteiger partial charge >= 0.3 is 17.9 Å². The van der Waals surface area contributed by atoms with Gasteiger partial charge in [-0.1, -0.05) is 102 Å². The predicted molar refractivity (Wildman–Crippen MR) is 258 cm³/mol. The van der Waals surface area contributed by atoms with Crippen molar-refractivity contribution in [3.8, 4) is 40.1 Å². The molecule has 1 aliphatic rings. The zero-order chi connectivity index (χ0) is 47.4. The molecule has 0 spiro atoms. The van der Waals surface area contributed by atoms with E-state index in [-0.39, 0.29) is 44.8 Å². The number of hydrogen-bond donors (Lipinski definition) is 0. The van der Waals surface area contributed by atoms with Crippen molar-refractivity contribution in [3.05, 3.63) is 113 Å². The molecule has 1 aliphatic carbocycles. The molecule has 0 saturated heterocycles. The highest BCUT2D eigenvalue weighted by Gasteiger charge is 2.34. The van der Waals surface area contributed by atoms with Crippen LogP contribution in [-0.2, 0) is 47.9 Å². The molecule has 9 heteroatoms. The fraction of sp³-hybridized carbons (Fsp3) is 0.482. The van der Waals surface area contributed by atoms with Crippen LogP contribution in [0.1, 0.15) is 140 Å². The highest BCUT2D eigenvalue weighted by atomic mass is 16.5. The fourth-order valence-corrected chi connectivity index (χ4v) is 8.54. The summed E-state index contributed by atoms with van der Waals surface area (Å²) in [5.41, 5.74) is 8.33. The summed E-state index contributed by atoms with van der Waals surface area (Å²) in [5, 5.41) is 19.8. The van der Waals surface area contributed by atoms with Gasteiger partial charge in [-0.15, -0.1) is 0 Å². The van der Waals surface area contributed by atoms with Crippen LogP contribution in [-0.4, -0.2) is 44.3 Å². The van der Waals surface area contributed by atoms with Gasteiger partial charge < -0.3 is 18.9 Å². The summed E-state index contributed by atoms with van der Waals surface area (Å²) in [6, 6.07) is 24.3. The topological polar surface area (TPSA) is 136 Å². The zero-order valence-corrected chi connectivity index (χ0v) is 39.7. The van der Waals surface area contributed by atoms with Crippen molar-refractivity contribution in [1.82, 2.24) is 0 Å². The Morgan fingerprint density at radius 1 is 0.646 bits per heavy atom. The van der Waals surface area contributed by atoms with Crippen LogP contribution in [0.3, 0.4) is 0 Å². The molecule has 0 heterocycles. The first-order valence-corrected chi connectivity index (χ1v) is 23.5. The first kappa shape index (κ1) is 51.7. The molecular formula is C56H70N2O7. The van der Waals surface area contributed by atoms with Crippen LogP contribution < -0.4 is 4.74 Å². The monoisotopic (exact) mass is 883 g/mol. The normalized spacial score (nSPS) is 14.6. The van der Waals surface area contributed by atoms with Crippen molar-refractivity contribution in [1.29, 1.82) is 10.5 Å². The Balaban J connectivity index is 1.72. The number of hydrogen-bond acceptors (Lipinski definition) is 9. The summed E-state index contributed by atoms with van der Waals surface area (Å²) >= 11 is 0. The second-order valence-corrected chi connectivity index (χ2v) is 18.0. The van der Waals surface area contributed by atoms with E-state index >= 15 is 0 Å². The Hall–Kier alpha value is -5.93. The van der Waals surface area contributed by atoms with Gasteiger partial charge in [0.1, 0.15) is 12.4 Å². The number of carbonyl (C=O) groups excluding carboxylic acids is 3. The molecule has 0 atom stereocenters. The van der Waals surface area contributed by atoms with E-state index in [9.17, 15) is 24.9 Å². The van der Waals surface area contributed by atoms with Crippen molar-refractivity contribution in [2.45, 2.75) is 137 Å². The fourth-order valence-electron chi connectivity index (χ4n) is 8.54. The summed E-state index contributed by atoms with van der Waals surface area (Å²) in [6.07, 6.45) is 13.0. The van der Waals surface area contributed by atoms with Crippen molar-refractivity contribution in [2.75, 3.05) is 26.4 Å². The van der Waals surface area contributed by atoms with Gasteiger partial charge in [-0.25, -0.2) is 14.4 Å². The van der Waals surface area contributed by atoms with E-state index in [4.69, 9.17) is 18.9 Å². The molecule has 0 bridgehead atoms. The molecule has 0 amide bonds. The van der Waals surface area contributed by atoms with Gasteiger partial charge in [-0.2, -0.15) is 10.5 Å². The Bertz CT molecular complexity index is 2140. The van der Waals surface area contributed by atoms with E-state index in [1.54, 1.807) is 13.8 Å². The van der Waals surface area contributed by atoms with Crippen LogP contribution in [0.15, 0.2) is 91.1 Å². The van der Waals surface area contributed by atoms with Crippen LogP contribution >= 0.6 is 0 Å². The number of ether oxygens (including phenoxy) is 4. The second kappa shape index (κ2) is 26.1. The third kappa shape index (κ3) is 15.6. The molecule has 3 aromatic carbocycles. The number of esters is 3. The van der Waals surface area contributed by atoms with E-state index in [0.717, 1.165) is 40.2 Å². The van der Waals surface area contributed by atoms with Crippen molar-refractivity contribution >= 4 is 17.9 Å². The number of carbonyl (C=O) groups is 3. The minimum Gasteiger partial charge on any atom is -0.492 e. The van der Waals surface area contributed by atoms with E-state index in [1.807, 2.05) is 0 Å². The molecule has 0 aliphatic heterocycles. The van der Waals surface area contributed by atoms with Crippen LogP contribution in [0.5, 0.6) is 5.75 Å². The molecule has 1 saturated carbocycles. The maximum Gasteiger partial charge on any atom is 0.333 e. The largest absolute Gasteiger partial charge is 0.492 e. The molecule has 346 valence electrons. The van der Waals surface area contributed by atoms with Crippen molar-refractivity contribution in [2.24, 2.45) is 11.3 Å². The van der Waals surface area contributed by atoms with Crippen LogP contribution in [0.25, 0.3) is 22.3 Å². The molecule has 3 aromatic rings. The van der Waals surface area contributed by atoms with E-state index < -0.39 is 23.3 Å². The van der Waals surface area contributed by atoms with Crippen molar-refractivity contribution < 1.29 is 33.3 Å². The third-order valence-electron chi connectivity index (χ3n) is 12.5. The van der Waals surface area contributed by atoms with Crippen LogP contribution in [0.4, 0.5) is 0 Å². The lowest BCUT2D eigenvalue weighted by atomic mass is 9.77. The summed E-state index contributed by atoms with van der Waals surface area (Å²) in [6.45, 7) is 20.2. The first-order chi connectivity index (χ1) is 31.2. The minimum absolute atomic E-state index is 0.0970. The maximum atomic E-state index is 12.5. The van der Waals surface area contributed by atoms with Gasteiger partial charge in [-0.05, 0) is 147 Å². The maximum absolute atomic E-state index is 12.5. The number of unbranched alkanes of at least 4 members (excludes halogenated alkanes) is 2. The third-order valence-corrected chi connectivity index (χ3v) is 12.5. The summed E-state index contributed by atoms with van der Waals surface area (Å²) < 4.78 is 23.2. The quantitative estimate of drug-likeness (QED) is 0.0334. The molecule has 4 rings (SSSR count). The van der Waals surface area contributed by atoms with E-state index in [0.29, 0.717) is 48.5 Å². The van der Waals surface area contributed by atoms with Gasteiger partial charge in [0.05, 0.1) is 37.4 Å². The average molecular weight is 883 g/mol. The average Bonchev–Trinajstić information content (AvgIpc) is 3.30. The lowest BCUT2D eigenvalue weighted by molar-refractivity contribution is -0.143. The minimum atomic E-state index is -1.13. The Morgan fingerprint density at radius 2 is 1.17 bits per heavy atom.